The van der Waals surface area contributed by atoms with Crippen LogP contribution in [0.2, 0.25) is 0 Å². The summed E-state index contributed by atoms with van der Waals surface area (Å²) in [6.07, 6.45) is 0. The molecule has 0 spiro atoms. The lowest BCUT2D eigenvalue weighted by Crippen LogP contribution is -2.05. The van der Waals surface area contributed by atoms with Gasteiger partial charge >= 0.3 is 5.97 Å². The normalized spacial score (nSPS) is 11.1. The summed E-state index contributed by atoms with van der Waals surface area (Å²) in [6.45, 7) is 2.04. The molecule has 5 aromatic rings. The molecule has 0 N–H and O–H groups in total. The van der Waals surface area contributed by atoms with Crippen molar-refractivity contribution in [2.24, 2.45) is 0 Å². The number of rotatable bonds is 5. The van der Waals surface area contributed by atoms with Crippen LogP contribution in [0, 0.1) is 10.1 Å². The number of benzene rings is 3. The number of imidazole rings is 1. The van der Waals surface area contributed by atoms with Gasteiger partial charge in [0.25, 0.3) is 5.69 Å². The summed E-state index contributed by atoms with van der Waals surface area (Å²) >= 11 is 0. The molecule has 3 aromatic carbocycles. The van der Waals surface area contributed by atoms with Crippen molar-refractivity contribution in [3.05, 3.63) is 88.5 Å². The Morgan fingerprint density at radius 1 is 0.939 bits per heavy atom. The monoisotopic (exact) mass is 439 g/mol. The van der Waals surface area contributed by atoms with Crippen LogP contribution in [0.15, 0.2) is 72.8 Å². The van der Waals surface area contributed by atoms with Gasteiger partial charge in [-0.2, -0.15) is 0 Å². The van der Waals surface area contributed by atoms with Crippen molar-refractivity contribution in [3.8, 4) is 17.1 Å². The van der Waals surface area contributed by atoms with Crippen LogP contribution in [0.3, 0.4) is 0 Å². The summed E-state index contributed by atoms with van der Waals surface area (Å²) in [6, 6.07) is 20.5. The van der Waals surface area contributed by atoms with Crippen LogP contribution in [0.25, 0.3) is 39.4 Å². The molecule has 5 rings (SSSR count). The number of fused-ring (bicyclic) bond motifs is 2. The molecule has 9 heteroatoms. The molecule has 0 bridgehead atoms. The summed E-state index contributed by atoms with van der Waals surface area (Å²) < 4.78 is 6.89. The molecule has 0 aliphatic heterocycles. The van der Waals surface area contributed by atoms with E-state index in [9.17, 15) is 14.9 Å². The molecule has 0 unspecified atom stereocenters. The molecule has 162 valence electrons. The first kappa shape index (κ1) is 20.3. The molecule has 0 aliphatic carbocycles. The third kappa shape index (κ3) is 3.65. The topological polar surface area (TPSA) is 113 Å². The zero-order valence-electron chi connectivity index (χ0n) is 17.5. The van der Waals surface area contributed by atoms with Gasteiger partial charge in [0.2, 0.25) is 0 Å². The highest BCUT2D eigenvalue weighted by molar-refractivity contribution is 5.90. The SMILES string of the molecule is CCOC(=O)c1ccc(-n2c(-c3ccc([N+](=O)[O-])cc3)nc3nc4ccccc4nc32)cc1. The largest absolute Gasteiger partial charge is 0.462 e. The number of para-hydroxylation sites is 2. The van der Waals surface area contributed by atoms with E-state index in [2.05, 4.69) is 4.98 Å². The first-order valence-corrected chi connectivity index (χ1v) is 10.2. The zero-order valence-corrected chi connectivity index (χ0v) is 17.5. The van der Waals surface area contributed by atoms with E-state index in [0.29, 0.717) is 51.6 Å². The molecule has 0 aliphatic rings. The number of nitro benzene ring substituents is 1. The predicted octanol–water partition coefficient (Wildman–Crippen LogP) is 4.72. The molecular weight excluding hydrogens is 422 g/mol. The molecular formula is C24H17N5O4. The molecule has 9 nitrogen and oxygen atoms in total. The summed E-state index contributed by atoms with van der Waals surface area (Å²) in [5.74, 6) is 0.125. The van der Waals surface area contributed by atoms with Crippen LogP contribution in [0.5, 0.6) is 0 Å². The van der Waals surface area contributed by atoms with Crippen molar-refractivity contribution in [1.29, 1.82) is 0 Å². The highest BCUT2D eigenvalue weighted by Gasteiger charge is 2.19. The Kier molecular flexibility index (Phi) is 4.98. The summed E-state index contributed by atoms with van der Waals surface area (Å²) in [5.41, 5.74) is 4.19. The Labute approximate surface area is 187 Å². The maximum Gasteiger partial charge on any atom is 0.338 e. The first-order valence-electron chi connectivity index (χ1n) is 10.2. The van der Waals surface area contributed by atoms with Crippen LogP contribution in [-0.2, 0) is 4.74 Å². The minimum atomic E-state index is -0.448. The van der Waals surface area contributed by atoms with Crippen LogP contribution in [0.1, 0.15) is 17.3 Å². The molecule has 0 saturated heterocycles. The van der Waals surface area contributed by atoms with E-state index in [0.717, 1.165) is 0 Å². The van der Waals surface area contributed by atoms with Crippen LogP contribution in [-0.4, -0.2) is 37.0 Å². The van der Waals surface area contributed by atoms with E-state index in [4.69, 9.17) is 14.7 Å². The van der Waals surface area contributed by atoms with Crippen LogP contribution >= 0.6 is 0 Å². The minimum Gasteiger partial charge on any atom is -0.462 e. The molecule has 0 saturated carbocycles. The lowest BCUT2D eigenvalue weighted by molar-refractivity contribution is -0.384. The Morgan fingerprint density at radius 3 is 2.24 bits per heavy atom. The maximum absolute atomic E-state index is 12.1. The molecule has 2 heterocycles. The fourth-order valence-electron chi connectivity index (χ4n) is 3.59. The van der Waals surface area contributed by atoms with Crippen LogP contribution in [0.4, 0.5) is 5.69 Å². The van der Waals surface area contributed by atoms with Crippen molar-refractivity contribution in [2.45, 2.75) is 6.92 Å². The van der Waals surface area contributed by atoms with E-state index in [1.807, 2.05) is 28.8 Å². The average Bonchev–Trinajstić information content (AvgIpc) is 3.21. The number of hydrogen-bond donors (Lipinski definition) is 0. The Hall–Kier alpha value is -4.66. The van der Waals surface area contributed by atoms with Gasteiger partial charge in [0.15, 0.2) is 11.3 Å². The Morgan fingerprint density at radius 2 is 1.61 bits per heavy atom. The number of nitro groups is 1. The van der Waals surface area contributed by atoms with Gasteiger partial charge in [0.05, 0.1) is 28.1 Å². The second-order valence-corrected chi connectivity index (χ2v) is 7.20. The van der Waals surface area contributed by atoms with Crippen LogP contribution < -0.4 is 0 Å². The van der Waals surface area contributed by atoms with Gasteiger partial charge in [-0.25, -0.2) is 19.7 Å². The number of aromatic nitrogens is 4. The minimum absolute atomic E-state index is 0.0119. The van der Waals surface area contributed by atoms with Gasteiger partial charge in [0, 0.05) is 23.4 Å². The number of nitrogens with zero attached hydrogens (tertiary/aromatic N) is 5. The zero-order chi connectivity index (χ0) is 22.9. The van der Waals surface area contributed by atoms with E-state index >= 15 is 0 Å². The number of hydrogen-bond acceptors (Lipinski definition) is 7. The number of carbonyl (C=O) groups is 1. The van der Waals surface area contributed by atoms with Gasteiger partial charge < -0.3 is 4.74 Å². The Bertz CT molecular complexity index is 1510. The summed E-state index contributed by atoms with van der Waals surface area (Å²) in [5, 5.41) is 11.1. The fraction of sp³-hybridized carbons (Fsp3) is 0.0833. The smallest absolute Gasteiger partial charge is 0.338 e. The third-order valence-electron chi connectivity index (χ3n) is 5.14. The molecule has 33 heavy (non-hydrogen) atoms. The molecule has 0 fully saturated rings. The number of carbonyl (C=O) groups excluding carboxylic acids is 1. The maximum atomic E-state index is 12.1. The molecule has 2 aromatic heterocycles. The second-order valence-electron chi connectivity index (χ2n) is 7.20. The van der Waals surface area contributed by atoms with Gasteiger partial charge in [-0.3, -0.25) is 14.7 Å². The van der Waals surface area contributed by atoms with Gasteiger partial charge in [-0.1, -0.05) is 12.1 Å². The van der Waals surface area contributed by atoms with Crippen molar-refractivity contribution < 1.29 is 14.5 Å². The third-order valence-corrected chi connectivity index (χ3v) is 5.14. The standard InChI is InChI=1S/C24H17N5O4/c1-2-33-24(30)16-9-11-17(12-10-16)28-22(15-7-13-18(14-8-15)29(31)32)27-21-23(28)26-20-6-4-3-5-19(20)25-21/h3-14H,2H2,1H3. The lowest BCUT2D eigenvalue weighted by atomic mass is 10.1. The van der Waals surface area contributed by atoms with E-state index in [1.54, 1.807) is 43.3 Å². The lowest BCUT2D eigenvalue weighted by Gasteiger charge is -2.10. The first-order chi connectivity index (χ1) is 16.0. The molecule has 0 radical (unpaired) electrons. The number of ether oxygens (including phenoxy) is 1. The molecule has 0 amide bonds. The van der Waals surface area contributed by atoms with Gasteiger partial charge in [0.1, 0.15) is 5.82 Å². The summed E-state index contributed by atoms with van der Waals surface area (Å²) in [4.78, 5) is 36.8. The number of esters is 1. The van der Waals surface area contributed by atoms with E-state index in [1.165, 1.54) is 12.1 Å². The predicted molar refractivity (Wildman–Crippen MR) is 122 cm³/mol. The van der Waals surface area contributed by atoms with Gasteiger partial charge in [-0.15, -0.1) is 0 Å². The molecule has 0 atom stereocenters. The second kappa shape index (κ2) is 8.12. The van der Waals surface area contributed by atoms with Crippen molar-refractivity contribution >= 4 is 34.0 Å². The van der Waals surface area contributed by atoms with E-state index in [-0.39, 0.29) is 5.69 Å². The van der Waals surface area contributed by atoms with Crippen molar-refractivity contribution in [1.82, 2.24) is 19.5 Å². The average molecular weight is 439 g/mol. The fourth-order valence-corrected chi connectivity index (χ4v) is 3.59. The highest BCUT2D eigenvalue weighted by Crippen LogP contribution is 2.29. The quantitative estimate of drug-likeness (QED) is 0.221. The van der Waals surface area contributed by atoms with Crippen molar-refractivity contribution in [2.75, 3.05) is 6.61 Å². The van der Waals surface area contributed by atoms with E-state index < -0.39 is 10.9 Å². The van der Waals surface area contributed by atoms with Crippen molar-refractivity contribution in [3.63, 3.8) is 0 Å². The summed E-state index contributed by atoms with van der Waals surface area (Å²) in [7, 11) is 0. The highest BCUT2D eigenvalue weighted by atomic mass is 16.6. The number of non-ortho nitro benzene ring substituents is 1. The van der Waals surface area contributed by atoms with Gasteiger partial charge in [-0.05, 0) is 55.5 Å². The Balaban J connectivity index is 1.72.